The lowest BCUT2D eigenvalue weighted by molar-refractivity contribution is -1.04. The van der Waals surface area contributed by atoms with E-state index in [2.05, 4.69) is 12.3 Å². The fraction of sp³-hybridized carbons (Fsp3) is 1.00. The van der Waals surface area contributed by atoms with Crippen molar-refractivity contribution in [1.29, 1.82) is 0 Å². The molecule has 5 N–H and O–H groups in total. The van der Waals surface area contributed by atoms with Crippen molar-refractivity contribution in [3.8, 4) is 0 Å². The summed E-state index contributed by atoms with van der Waals surface area (Å²) in [6.45, 7) is 12.3. The van der Waals surface area contributed by atoms with Crippen LogP contribution in [0.3, 0.4) is 0 Å². The Labute approximate surface area is 81.8 Å². The van der Waals surface area contributed by atoms with E-state index in [-0.39, 0.29) is 15.9 Å². The molecule has 0 saturated heterocycles. The Hall–Kier alpha value is -0.160. The Morgan fingerprint density at radius 1 is 1.08 bits per heavy atom. The topological polar surface area (TPSA) is 64.1 Å². The van der Waals surface area contributed by atoms with Crippen molar-refractivity contribution in [3.63, 3.8) is 0 Å². The van der Waals surface area contributed by atoms with E-state index in [1.54, 1.807) is 0 Å². The Bertz CT molecular complexity index is 167. The van der Waals surface area contributed by atoms with Crippen LogP contribution in [-0.2, 0) is 0 Å². The summed E-state index contributed by atoms with van der Waals surface area (Å²) in [6, 6.07) is 0. The number of hydrogen-bond acceptors (Lipinski definition) is 3. The van der Waals surface area contributed by atoms with Gasteiger partial charge in [0.25, 0.3) is 0 Å². The van der Waals surface area contributed by atoms with Gasteiger partial charge in [0.2, 0.25) is 0 Å². The molecule has 0 spiro atoms. The molecule has 0 unspecified atom stereocenters. The van der Waals surface area contributed by atoms with Gasteiger partial charge in [-0.2, -0.15) is 0 Å². The van der Waals surface area contributed by atoms with Crippen LogP contribution >= 0.6 is 0 Å². The van der Waals surface area contributed by atoms with E-state index in [0.717, 1.165) is 6.42 Å². The van der Waals surface area contributed by atoms with E-state index in [0.29, 0.717) is 0 Å². The zero-order valence-corrected chi connectivity index (χ0v) is 9.81. The van der Waals surface area contributed by atoms with Crippen LogP contribution < -0.4 is 17.1 Å². The summed E-state index contributed by atoms with van der Waals surface area (Å²) >= 11 is 0. The monoisotopic (exact) mass is 189 g/mol. The van der Waals surface area contributed by atoms with Crippen molar-refractivity contribution in [2.24, 2.45) is 11.7 Å². The highest BCUT2D eigenvalue weighted by atomic mass is 16.0. The molecule has 0 aromatic heterocycles. The van der Waals surface area contributed by atoms with Gasteiger partial charge in [0.15, 0.2) is 0 Å². The highest BCUT2D eigenvalue weighted by Crippen LogP contribution is 2.18. The number of nitrogens with two attached hydrogens (primary N) is 2. The standard InChI is InChI=1S/C9H25N4/c1-7-9(5,6)13(10,11)12-8(2,3)4/h12H,7,10-11H2,1-6H3/q+1. The third-order valence-corrected chi connectivity index (χ3v) is 2.39. The van der Waals surface area contributed by atoms with Crippen molar-refractivity contribution in [1.82, 2.24) is 5.43 Å². The van der Waals surface area contributed by atoms with Gasteiger partial charge in [0.05, 0.1) is 5.54 Å². The minimum absolute atomic E-state index is 0.0874. The van der Waals surface area contributed by atoms with Crippen LogP contribution in [0.4, 0.5) is 0 Å². The van der Waals surface area contributed by atoms with Crippen molar-refractivity contribution in [2.75, 3.05) is 0 Å². The maximum atomic E-state index is 6.00. The van der Waals surface area contributed by atoms with Gasteiger partial charge in [-0.3, -0.25) is 0 Å². The van der Waals surface area contributed by atoms with Crippen LogP contribution in [0.1, 0.15) is 48.0 Å². The van der Waals surface area contributed by atoms with Gasteiger partial charge in [-0.25, -0.2) is 0 Å². The molecule has 80 valence electrons. The van der Waals surface area contributed by atoms with Gasteiger partial charge >= 0.3 is 0 Å². The minimum Gasteiger partial charge on any atom is -0.141 e. The molecule has 0 fully saturated rings. The van der Waals surface area contributed by atoms with Gasteiger partial charge in [0.1, 0.15) is 5.54 Å². The maximum absolute atomic E-state index is 6.00. The third kappa shape index (κ3) is 3.60. The van der Waals surface area contributed by atoms with Crippen LogP contribution in [-0.4, -0.2) is 15.9 Å². The summed E-state index contributed by atoms with van der Waals surface area (Å²) < 4.78 is 0. The summed E-state index contributed by atoms with van der Waals surface area (Å²) in [4.78, 5) is -0.146. The van der Waals surface area contributed by atoms with E-state index < -0.39 is 0 Å². The fourth-order valence-electron chi connectivity index (χ4n) is 0.968. The predicted molar refractivity (Wildman–Crippen MR) is 55.9 cm³/mol. The molecule has 13 heavy (non-hydrogen) atoms. The molecule has 0 heterocycles. The lowest BCUT2D eigenvalue weighted by atomic mass is 10.0. The second-order valence-corrected chi connectivity index (χ2v) is 5.31. The predicted octanol–water partition coefficient (Wildman–Crippen LogP) is 1.04. The minimum atomic E-state index is -0.173. The fourth-order valence-corrected chi connectivity index (χ4v) is 0.968. The molecule has 0 amide bonds. The molecule has 0 aliphatic carbocycles. The van der Waals surface area contributed by atoms with Crippen LogP contribution in [0.15, 0.2) is 0 Å². The number of hydrogen-bond donors (Lipinski definition) is 3. The molecule has 4 nitrogen and oxygen atoms in total. The summed E-state index contributed by atoms with van der Waals surface area (Å²) in [5.74, 6) is 12.0. The Morgan fingerprint density at radius 3 is 1.69 bits per heavy atom. The lowest BCUT2D eigenvalue weighted by Gasteiger charge is -2.43. The van der Waals surface area contributed by atoms with Crippen molar-refractivity contribution in [2.45, 2.75) is 59.0 Å². The van der Waals surface area contributed by atoms with Crippen LogP contribution in [0.5, 0.6) is 0 Å². The highest BCUT2D eigenvalue weighted by molar-refractivity contribution is 4.69. The van der Waals surface area contributed by atoms with E-state index in [1.807, 2.05) is 34.6 Å². The van der Waals surface area contributed by atoms with Crippen molar-refractivity contribution in [3.05, 3.63) is 0 Å². The van der Waals surface area contributed by atoms with Gasteiger partial charge < -0.3 is 0 Å². The van der Waals surface area contributed by atoms with E-state index in [1.165, 1.54) is 0 Å². The molecule has 0 saturated carbocycles. The van der Waals surface area contributed by atoms with Crippen LogP contribution in [0, 0.1) is 0 Å². The normalized spacial score (nSPS) is 14.8. The Balaban J connectivity index is 4.58. The van der Waals surface area contributed by atoms with Crippen molar-refractivity contribution < 1.29 is 4.81 Å². The molecule has 4 heteroatoms. The molecule has 0 rings (SSSR count). The average molecular weight is 189 g/mol. The van der Waals surface area contributed by atoms with E-state index >= 15 is 0 Å². The summed E-state index contributed by atoms with van der Waals surface area (Å²) in [5, 5.41) is 0. The van der Waals surface area contributed by atoms with Crippen LogP contribution in [0.2, 0.25) is 0 Å². The molecular weight excluding hydrogens is 164 g/mol. The zero-order chi connectivity index (χ0) is 10.9. The first-order chi connectivity index (χ1) is 5.52. The lowest BCUT2D eigenvalue weighted by Crippen LogP contribution is -2.80. The first-order valence-electron chi connectivity index (χ1n) is 4.77. The van der Waals surface area contributed by atoms with Gasteiger partial charge in [0, 0.05) is 6.42 Å². The zero-order valence-electron chi connectivity index (χ0n) is 9.81. The highest BCUT2D eigenvalue weighted by Gasteiger charge is 2.41. The Kier molecular flexibility index (Phi) is 3.49. The summed E-state index contributed by atoms with van der Waals surface area (Å²) in [7, 11) is 0. The first-order valence-corrected chi connectivity index (χ1v) is 4.77. The average Bonchev–Trinajstić information content (AvgIpc) is 1.81. The quantitative estimate of drug-likeness (QED) is 0.353. The first kappa shape index (κ1) is 12.8. The smallest absolute Gasteiger partial charge is 0.141 e. The van der Waals surface area contributed by atoms with E-state index in [4.69, 9.17) is 11.7 Å². The molecule has 0 aliphatic rings. The Morgan fingerprint density at radius 2 is 1.46 bits per heavy atom. The molecule has 0 radical (unpaired) electrons. The molecular formula is C9H25N4+. The number of nitrogens with one attached hydrogen (secondary N) is 1. The molecule has 0 bridgehead atoms. The second-order valence-electron chi connectivity index (χ2n) is 5.31. The summed E-state index contributed by atoms with van der Waals surface area (Å²) in [6.07, 6.45) is 0.920. The number of nitrogens with zero attached hydrogens (tertiary/aromatic N) is 1. The molecule has 0 aromatic rings. The third-order valence-electron chi connectivity index (χ3n) is 2.39. The summed E-state index contributed by atoms with van der Waals surface area (Å²) in [5.41, 5.74) is 2.92. The second kappa shape index (κ2) is 3.53. The van der Waals surface area contributed by atoms with Crippen molar-refractivity contribution >= 4 is 0 Å². The SMILES string of the molecule is CCC(C)(C)[N+](N)(N)NC(C)(C)C. The van der Waals surface area contributed by atoms with Gasteiger partial charge in [-0.15, -0.1) is 17.1 Å². The number of rotatable bonds is 3. The van der Waals surface area contributed by atoms with Crippen LogP contribution in [0.25, 0.3) is 0 Å². The van der Waals surface area contributed by atoms with E-state index in [9.17, 15) is 0 Å². The molecule has 0 atom stereocenters. The van der Waals surface area contributed by atoms with Gasteiger partial charge in [-0.05, 0) is 34.6 Å². The van der Waals surface area contributed by atoms with Gasteiger partial charge in [-0.1, -0.05) is 11.7 Å². The molecule has 0 aromatic carbocycles. The molecule has 0 aliphatic heterocycles. The maximum Gasteiger partial charge on any atom is 0.148 e. The largest absolute Gasteiger partial charge is 0.148 e. The number of quaternary nitrogens is 1.